The molecule has 0 spiro atoms. The topological polar surface area (TPSA) is 64.2 Å². The van der Waals surface area contributed by atoms with E-state index in [1.165, 1.54) is 0 Å². The Balaban J connectivity index is 2.57. The largest absolute Gasteiger partial charge is 0.457 e. The Labute approximate surface area is 78.3 Å². The van der Waals surface area contributed by atoms with Crippen LogP contribution in [0.5, 0.6) is 11.6 Å². The van der Waals surface area contributed by atoms with Crippen LogP contribution >= 0.6 is 0 Å². The van der Waals surface area contributed by atoms with Gasteiger partial charge in [0.1, 0.15) is 5.75 Å². The number of benzene rings is 1. The van der Waals surface area contributed by atoms with E-state index in [0.717, 1.165) is 0 Å². The smallest absolute Gasteiger partial charge is 0.272 e. The second kappa shape index (κ2) is 2.47. The SMILES string of the molecule is O=c1[nH]nc2c3c(cccc13)OCO2. The zero-order valence-electron chi connectivity index (χ0n) is 7.11. The molecule has 0 aliphatic carbocycles. The highest BCUT2D eigenvalue weighted by Crippen LogP contribution is 2.32. The third kappa shape index (κ3) is 0.834. The van der Waals surface area contributed by atoms with Crippen LogP contribution in [0, 0.1) is 0 Å². The molecule has 0 atom stereocenters. The average Bonchev–Trinajstić information content (AvgIpc) is 2.24. The highest BCUT2D eigenvalue weighted by molar-refractivity contribution is 5.91. The van der Waals surface area contributed by atoms with Gasteiger partial charge in [0.15, 0.2) is 0 Å². The lowest BCUT2D eigenvalue weighted by Gasteiger charge is -2.16. The molecule has 5 heteroatoms. The molecule has 5 nitrogen and oxygen atoms in total. The molecular formula is C9H6N2O3. The molecule has 0 bridgehead atoms. The van der Waals surface area contributed by atoms with Crippen molar-refractivity contribution in [2.45, 2.75) is 0 Å². The van der Waals surface area contributed by atoms with Crippen molar-refractivity contribution < 1.29 is 9.47 Å². The molecule has 1 N–H and O–H groups in total. The molecule has 0 saturated carbocycles. The molecule has 1 aromatic carbocycles. The summed E-state index contributed by atoms with van der Waals surface area (Å²) >= 11 is 0. The second-order valence-electron chi connectivity index (χ2n) is 2.94. The molecule has 0 radical (unpaired) electrons. The summed E-state index contributed by atoms with van der Waals surface area (Å²) in [5.74, 6) is 1.06. The van der Waals surface area contributed by atoms with Crippen molar-refractivity contribution in [3.05, 3.63) is 28.6 Å². The molecule has 14 heavy (non-hydrogen) atoms. The number of rotatable bonds is 0. The monoisotopic (exact) mass is 190 g/mol. The van der Waals surface area contributed by atoms with Gasteiger partial charge in [-0.05, 0) is 12.1 Å². The fourth-order valence-electron chi connectivity index (χ4n) is 1.53. The van der Waals surface area contributed by atoms with E-state index < -0.39 is 0 Å². The van der Waals surface area contributed by atoms with E-state index in [1.54, 1.807) is 18.2 Å². The highest BCUT2D eigenvalue weighted by atomic mass is 16.7. The van der Waals surface area contributed by atoms with E-state index in [0.29, 0.717) is 22.4 Å². The van der Waals surface area contributed by atoms with E-state index in [-0.39, 0.29) is 12.4 Å². The average molecular weight is 190 g/mol. The predicted octanol–water partition coefficient (Wildman–Crippen LogP) is 0.652. The first-order valence-corrected chi connectivity index (χ1v) is 4.13. The van der Waals surface area contributed by atoms with E-state index in [2.05, 4.69) is 10.2 Å². The summed E-state index contributed by atoms with van der Waals surface area (Å²) in [4.78, 5) is 11.4. The minimum absolute atomic E-state index is 0.130. The van der Waals surface area contributed by atoms with Gasteiger partial charge in [-0.25, -0.2) is 5.10 Å². The van der Waals surface area contributed by atoms with Gasteiger partial charge in [-0.3, -0.25) is 4.79 Å². The maximum Gasteiger partial charge on any atom is 0.272 e. The molecule has 0 unspecified atom stereocenters. The predicted molar refractivity (Wildman–Crippen MR) is 48.5 cm³/mol. The number of nitrogens with one attached hydrogen (secondary N) is 1. The summed E-state index contributed by atoms with van der Waals surface area (Å²) in [6, 6.07) is 5.26. The molecule has 3 rings (SSSR count). The Morgan fingerprint density at radius 2 is 2.29 bits per heavy atom. The summed E-state index contributed by atoms with van der Waals surface area (Å²) in [6.07, 6.45) is 0. The van der Waals surface area contributed by atoms with Gasteiger partial charge < -0.3 is 9.47 Å². The normalized spacial score (nSPS) is 13.4. The van der Waals surface area contributed by atoms with Gasteiger partial charge in [-0.1, -0.05) is 6.07 Å². The van der Waals surface area contributed by atoms with Crippen LogP contribution in [0.2, 0.25) is 0 Å². The first-order chi connectivity index (χ1) is 6.86. The van der Waals surface area contributed by atoms with E-state index in [4.69, 9.17) is 9.47 Å². The van der Waals surface area contributed by atoms with E-state index in [1.807, 2.05) is 0 Å². The van der Waals surface area contributed by atoms with Crippen molar-refractivity contribution in [3.63, 3.8) is 0 Å². The molecule has 2 aromatic rings. The van der Waals surface area contributed by atoms with Crippen molar-refractivity contribution in [2.75, 3.05) is 6.79 Å². The Hall–Kier alpha value is -2.04. The lowest BCUT2D eigenvalue weighted by Crippen LogP contribution is -2.17. The van der Waals surface area contributed by atoms with Crippen molar-refractivity contribution in [3.8, 4) is 11.6 Å². The summed E-state index contributed by atoms with van der Waals surface area (Å²) in [6.45, 7) is 0.130. The number of aromatic nitrogens is 2. The first kappa shape index (κ1) is 7.37. The number of hydrogen-bond acceptors (Lipinski definition) is 4. The Kier molecular flexibility index (Phi) is 1.30. The number of ether oxygens (including phenoxy) is 2. The zero-order valence-corrected chi connectivity index (χ0v) is 7.11. The molecular weight excluding hydrogens is 184 g/mol. The van der Waals surface area contributed by atoms with Gasteiger partial charge in [-0.15, -0.1) is 5.10 Å². The number of hydrogen-bond donors (Lipinski definition) is 1. The van der Waals surface area contributed by atoms with Crippen LogP contribution < -0.4 is 15.0 Å². The fourth-order valence-corrected chi connectivity index (χ4v) is 1.53. The Bertz CT molecular complexity index is 551. The number of H-pyrrole nitrogens is 1. The number of aromatic amines is 1. The van der Waals surface area contributed by atoms with Crippen LogP contribution in [0.4, 0.5) is 0 Å². The van der Waals surface area contributed by atoms with Gasteiger partial charge in [0, 0.05) is 0 Å². The van der Waals surface area contributed by atoms with Gasteiger partial charge in [0.25, 0.3) is 5.56 Å². The summed E-state index contributed by atoms with van der Waals surface area (Å²) in [5, 5.41) is 7.34. The molecule has 0 amide bonds. The molecule has 2 heterocycles. The fraction of sp³-hybridized carbons (Fsp3) is 0.111. The van der Waals surface area contributed by atoms with Crippen molar-refractivity contribution >= 4 is 10.8 Å². The van der Waals surface area contributed by atoms with Gasteiger partial charge in [-0.2, -0.15) is 0 Å². The molecule has 1 aromatic heterocycles. The van der Waals surface area contributed by atoms with Crippen LogP contribution in [-0.2, 0) is 0 Å². The first-order valence-electron chi connectivity index (χ1n) is 4.13. The third-order valence-electron chi connectivity index (χ3n) is 2.15. The summed E-state index contributed by atoms with van der Waals surface area (Å²) < 4.78 is 10.4. The third-order valence-corrected chi connectivity index (χ3v) is 2.15. The Morgan fingerprint density at radius 1 is 1.36 bits per heavy atom. The zero-order chi connectivity index (χ0) is 9.54. The maximum atomic E-state index is 11.4. The van der Waals surface area contributed by atoms with Crippen LogP contribution in [0.1, 0.15) is 0 Å². The van der Waals surface area contributed by atoms with E-state index in [9.17, 15) is 4.79 Å². The van der Waals surface area contributed by atoms with Crippen LogP contribution in [0.3, 0.4) is 0 Å². The minimum Gasteiger partial charge on any atom is -0.457 e. The quantitative estimate of drug-likeness (QED) is 0.662. The van der Waals surface area contributed by atoms with Crippen molar-refractivity contribution in [1.82, 2.24) is 10.2 Å². The molecule has 1 aliphatic rings. The highest BCUT2D eigenvalue weighted by Gasteiger charge is 2.16. The van der Waals surface area contributed by atoms with Crippen molar-refractivity contribution in [2.24, 2.45) is 0 Å². The maximum absolute atomic E-state index is 11.4. The minimum atomic E-state index is -0.236. The van der Waals surface area contributed by atoms with Crippen LogP contribution in [-0.4, -0.2) is 17.0 Å². The second-order valence-corrected chi connectivity index (χ2v) is 2.94. The lowest BCUT2D eigenvalue weighted by atomic mass is 10.1. The van der Waals surface area contributed by atoms with Gasteiger partial charge in [0.05, 0.1) is 10.8 Å². The number of nitrogens with zero attached hydrogens (tertiary/aromatic N) is 1. The standard InChI is InChI=1S/C9H6N2O3/c12-8-5-2-1-3-6-7(5)9(11-10-8)14-4-13-6/h1-3H,4H2,(H,10,12). The van der Waals surface area contributed by atoms with Crippen LogP contribution in [0.25, 0.3) is 10.8 Å². The molecule has 0 fully saturated rings. The summed E-state index contributed by atoms with van der Waals surface area (Å²) in [5.41, 5.74) is -0.236. The Morgan fingerprint density at radius 3 is 3.21 bits per heavy atom. The lowest BCUT2D eigenvalue weighted by molar-refractivity contribution is 0.106. The molecule has 1 aliphatic heterocycles. The molecule has 0 saturated heterocycles. The van der Waals surface area contributed by atoms with Gasteiger partial charge in [0.2, 0.25) is 12.7 Å². The van der Waals surface area contributed by atoms with Crippen LogP contribution in [0.15, 0.2) is 23.0 Å². The summed E-state index contributed by atoms with van der Waals surface area (Å²) in [7, 11) is 0. The molecule has 70 valence electrons. The van der Waals surface area contributed by atoms with Crippen molar-refractivity contribution in [1.29, 1.82) is 0 Å². The van der Waals surface area contributed by atoms with E-state index >= 15 is 0 Å². The van der Waals surface area contributed by atoms with Gasteiger partial charge >= 0.3 is 0 Å².